The summed E-state index contributed by atoms with van der Waals surface area (Å²) >= 11 is 12.1. The lowest BCUT2D eigenvalue weighted by Gasteiger charge is -2.16. The van der Waals surface area contributed by atoms with E-state index in [1.807, 2.05) is 60.7 Å². The molecule has 1 unspecified atom stereocenters. The first-order valence-electron chi connectivity index (χ1n) is 9.11. The minimum Gasteiger partial charge on any atom is -0.294 e. The molecule has 6 heteroatoms. The van der Waals surface area contributed by atoms with Gasteiger partial charge in [-0.05, 0) is 23.8 Å². The normalized spacial score (nSPS) is 11.9. The summed E-state index contributed by atoms with van der Waals surface area (Å²) in [5, 5.41) is 9.95. The number of rotatable bonds is 6. The van der Waals surface area contributed by atoms with Crippen molar-refractivity contribution in [1.29, 1.82) is 0 Å². The van der Waals surface area contributed by atoms with Gasteiger partial charge >= 0.3 is 0 Å². The van der Waals surface area contributed by atoms with Gasteiger partial charge in [-0.15, -0.1) is 0 Å². The van der Waals surface area contributed by atoms with Crippen molar-refractivity contribution in [2.45, 2.75) is 12.5 Å². The van der Waals surface area contributed by atoms with Crippen LogP contribution in [-0.4, -0.2) is 20.8 Å². The average Bonchev–Trinajstić information content (AvgIpc) is 3.22. The van der Waals surface area contributed by atoms with Gasteiger partial charge in [0.2, 0.25) is 0 Å². The number of benzene rings is 3. The summed E-state index contributed by atoms with van der Waals surface area (Å²) < 4.78 is 0. The topological polar surface area (TPSA) is 47.8 Å². The summed E-state index contributed by atoms with van der Waals surface area (Å²) in [6.45, 7) is 0. The molecule has 4 aromatic rings. The van der Waals surface area contributed by atoms with Crippen LogP contribution < -0.4 is 0 Å². The molecule has 0 aliphatic carbocycles. The predicted molar refractivity (Wildman–Crippen MR) is 115 cm³/mol. The van der Waals surface area contributed by atoms with Gasteiger partial charge in [0, 0.05) is 27.6 Å². The molecule has 0 saturated carbocycles. The fourth-order valence-corrected chi connectivity index (χ4v) is 3.71. The van der Waals surface area contributed by atoms with E-state index in [1.165, 1.54) is 0 Å². The number of aromatic nitrogens is 3. The van der Waals surface area contributed by atoms with E-state index in [9.17, 15) is 4.79 Å². The number of hydrogen-bond acceptors (Lipinski definition) is 3. The molecule has 0 aliphatic heterocycles. The molecule has 0 radical (unpaired) electrons. The number of ketones is 1. The second kappa shape index (κ2) is 8.60. The van der Waals surface area contributed by atoms with Crippen LogP contribution in [0, 0.1) is 0 Å². The summed E-state index contributed by atoms with van der Waals surface area (Å²) in [5.74, 6) is -0.0817. The van der Waals surface area contributed by atoms with Gasteiger partial charge in [0.15, 0.2) is 5.78 Å². The molecular formula is C23H17Cl2N3O. The number of carbonyl (C=O) groups excluding carboxylic acids is 1. The Morgan fingerprint density at radius 1 is 0.897 bits per heavy atom. The third-order valence-electron chi connectivity index (χ3n) is 4.60. The Morgan fingerprint density at radius 2 is 1.52 bits per heavy atom. The van der Waals surface area contributed by atoms with E-state index in [2.05, 4.69) is 10.2 Å². The quantitative estimate of drug-likeness (QED) is 0.352. The fourth-order valence-electron chi connectivity index (χ4n) is 3.18. The Hall–Kier alpha value is -2.95. The second-order valence-corrected chi connectivity index (χ2v) is 7.50. The lowest BCUT2D eigenvalue weighted by molar-refractivity contribution is 0.0964. The molecule has 0 aliphatic rings. The summed E-state index contributed by atoms with van der Waals surface area (Å²) in [4.78, 5) is 14.6. The first kappa shape index (κ1) is 19.4. The van der Waals surface area contributed by atoms with Crippen LogP contribution in [0.25, 0.3) is 11.3 Å². The smallest absolute Gasteiger partial charge is 0.165 e. The fraction of sp³-hybridized carbons (Fsp3) is 0.0870. The molecule has 1 heterocycles. The minimum atomic E-state index is -0.348. The van der Waals surface area contributed by atoms with Crippen molar-refractivity contribution < 1.29 is 4.79 Å². The predicted octanol–water partition coefficient (Wildman–Crippen LogP) is 6.11. The van der Waals surface area contributed by atoms with Crippen LogP contribution in [0.1, 0.15) is 28.4 Å². The van der Waals surface area contributed by atoms with E-state index in [0.29, 0.717) is 15.6 Å². The third-order valence-corrected chi connectivity index (χ3v) is 5.04. The number of halogens is 2. The van der Waals surface area contributed by atoms with Gasteiger partial charge in [-0.3, -0.25) is 4.79 Å². The van der Waals surface area contributed by atoms with Crippen molar-refractivity contribution in [3.63, 3.8) is 0 Å². The monoisotopic (exact) mass is 421 g/mol. The Balaban J connectivity index is 1.68. The molecular weight excluding hydrogens is 405 g/mol. The van der Waals surface area contributed by atoms with Gasteiger partial charge in [0.05, 0.1) is 6.20 Å². The number of nitrogens with zero attached hydrogens (tertiary/aromatic N) is 3. The van der Waals surface area contributed by atoms with Crippen LogP contribution >= 0.6 is 23.2 Å². The van der Waals surface area contributed by atoms with Crippen LogP contribution in [0.15, 0.2) is 85.1 Å². The molecule has 0 bridgehead atoms. The van der Waals surface area contributed by atoms with Crippen LogP contribution in [0.4, 0.5) is 0 Å². The Morgan fingerprint density at radius 3 is 2.17 bits per heavy atom. The Labute approximate surface area is 178 Å². The molecule has 0 saturated heterocycles. The SMILES string of the molecule is O=C(CC(c1ccccc1)n1ncc(-c2ccccc2)n1)c1cc(Cl)cc(Cl)c1. The summed E-state index contributed by atoms with van der Waals surface area (Å²) in [7, 11) is 0. The molecule has 4 rings (SSSR count). The highest BCUT2D eigenvalue weighted by atomic mass is 35.5. The highest BCUT2D eigenvalue weighted by Gasteiger charge is 2.22. The van der Waals surface area contributed by atoms with Gasteiger partial charge in [-0.2, -0.15) is 15.0 Å². The number of Topliss-reactive ketones (excluding diaryl/α,β-unsaturated/α-hetero) is 1. The van der Waals surface area contributed by atoms with Gasteiger partial charge < -0.3 is 0 Å². The van der Waals surface area contributed by atoms with Crippen molar-refractivity contribution in [1.82, 2.24) is 15.0 Å². The largest absolute Gasteiger partial charge is 0.294 e. The molecule has 0 fully saturated rings. The van der Waals surface area contributed by atoms with Gasteiger partial charge in [-0.1, -0.05) is 83.9 Å². The van der Waals surface area contributed by atoms with Crippen LogP contribution in [0.2, 0.25) is 10.0 Å². The standard InChI is InChI=1S/C23H17Cl2N3O/c24-19-11-18(12-20(25)13-19)23(29)14-22(17-9-5-2-6-10-17)28-26-15-21(27-28)16-7-3-1-4-8-16/h1-13,15,22H,14H2. The maximum absolute atomic E-state index is 13.0. The molecule has 4 nitrogen and oxygen atoms in total. The lowest BCUT2D eigenvalue weighted by atomic mass is 9.98. The van der Waals surface area contributed by atoms with E-state index in [1.54, 1.807) is 29.2 Å². The first-order valence-corrected chi connectivity index (χ1v) is 9.87. The van der Waals surface area contributed by atoms with E-state index in [4.69, 9.17) is 23.2 Å². The number of carbonyl (C=O) groups is 1. The average molecular weight is 422 g/mol. The molecule has 0 N–H and O–H groups in total. The summed E-state index contributed by atoms with van der Waals surface area (Å²) in [6, 6.07) is 24.1. The van der Waals surface area contributed by atoms with Crippen molar-refractivity contribution in [2.75, 3.05) is 0 Å². The molecule has 144 valence electrons. The van der Waals surface area contributed by atoms with Gasteiger partial charge in [0.25, 0.3) is 0 Å². The van der Waals surface area contributed by atoms with Crippen molar-refractivity contribution in [3.05, 3.63) is 106 Å². The van der Waals surface area contributed by atoms with Crippen LogP contribution in [0.5, 0.6) is 0 Å². The van der Waals surface area contributed by atoms with Crippen LogP contribution in [-0.2, 0) is 0 Å². The third kappa shape index (κ3) is 4.56. The van der Waals surface area contributed by atoms with E-state index in [-0.39, 0.29) is 18.2 Å². The van der Waals surface area contributed by atoms with E-state index in [0.717, 1.165) is 16.8 Å². The highest BCUT2D eigenvalue weighted by Crippen LogP contribution is 2.26. The van der Waals surface area contributed by atoms with Gasteiger partial charge in [0.1, 0.15) is 11.7 Å². The Bertz CT molecular complexity index is 1110. The van der Waals surface area contributed by atoms with Crippen molar-refractivity contribution in [2.24, 2.45) is 0 Å². The van der Waals surface area contributed by atoms with E-state index < -0.39 is 0 Å². The molecule has 1 atom stereocenters. The van der Waals surface area contributed by atoms with Crippen LogP contribution in [0.3, 0.4) is 0 Å². The summed E-state index contributed by atoms with van der Waals surface area (Å²) in [6.07, 6.45) is 1.90. The van der Waals surface area contributed by atoms with Crippen molar-refractivity contribution in [3.8, 4) is 11.3 Å². The molecule has 3 aromatic carbocycles. The lowest BCUT2D eigenvalue weighted by Crippen LogP contribution is -2.18. The van der Waals surface area contributed by atoms with Crippen molar-refractivity contribution >= 4 is 29.0 Å². The highest BCUT2D eigenvalue weighted by molar-refractivity contribution is 6.35. The second-order valence-electron chi connectivity index (χ2n) is 6.63. The number of hydrogen-bond donors (Lipinski definition) is 0. The first-order chi connectivity index (χ1) is 14.1. The Kier molecular flexibility index (Phi) is 5.74. The minimum absolute atomic E-state index is 0.0817. The van der Waals surface area contributed by atoms with Gasteiger partial charge in [-0.25, -0.2) is 0 Å². The zero-order valence-corrected chi connectivity index (χ0v) is 16.9. The molecule has 1 aromatic heterocycles. The molecule has 29 heavy (non-hydrogen) atoms. The maximum atomic E-state index is 13.0. The zero-order valence-electron chi connectivity index (χ0n) is 15.4. The molecule has 0 amide bonds. The summed E-state index contributed by atoms with van der Waals surface area (Å²) in [5.41, 5.74) is 3.14. The molecule has 0 spiro atoms. The zero-order chi connectivity index (χ0) is 20.2. The van der Waals surface area contributed by atoms with E-state index >= 15 is 0 Å². The maximum Gasteiger partial charge on any atom is 0.165 e.